The molecule has 0 unspecified atom stereocenters. The highest BCUT2D eigenvalue weighted by molar-refractivity contribution is 5.89. The summed E-state index contributed by atoms with van der Waals surface area (Å²) < 4.78 is 0. The molecule has 0 amide bonds. The van der Waals surface area contributed by atoms with Crippen molar-refractivity contribution in [3.63, 3.8) is 0 Å². The van der Waals surface area contributed by atoms with Crippen molar-refractivity contribution in [1.29, 1.82) is 5.26 Å². The molecule has 0 heterocycles. The molecule has 1 aromatic carbocycles. The SMILES string of the molecule is Cc1ccc(C(=O)O)cc1N(CC#N)CCC(=O)O. The van der Waals surface area contributed by atoms with Crippen molar-refractivity contribution in [3.05, 3.63) is 29.3 Å². The van der Waals surface area contributed by atoms with Gasteiger partial charge >= 0.3 is 11.9 Å². The molecule has 0 aliphatic carbocycles. The molecule has 0 saturated carbocycles. The molecule has 0 aliphatic rings. The van der Waals surface area contributed by atoms with Gasteiger partial charge < -0.3 is 15.1 Å². The molecule has 19 heavy (non-hydrogen) atoms. The molecule has 6 nitrogen and oxygen atoms in total. The third-order valence-electron chi connectivity index (χ3n) is 2.65. The normalized spacial score (nSPS) is 9.68. The lowest BCUT2D eigenvalue weighted by Gasteiger charge is -2.23. The molecule has 0 bridgehead atoms. The lowest BCUT2D eigenvalue weighted by atomic mass is 10.1. The number of hydrogen-bond acceptors (Lipinski definition) is 4. The highest BCUT2D eigenvalue weighted by atomic mass is 16.4. The second-order valence-corrected chi connectivity index (χ2v) is 4.03. The Morgan fingerprint density at radius 1 is 1.37 bits per heavy atom. The second kappa shape index (κ2) is 6.40. The Labute approximate surface area is 110 Å². The standard InChI is InChI=1S/C13H14N2O4/c1-9-2-3-10(13(18)19)8-11(9)15(7-5-14)6-4-12(16)17/h2-3,8H,4,6-7H2,1H3,(H,16,17)(H,18,19). The monoisotopic (exact) mass is 262 g/mol. The number of anilines is 1. The fourth-order valence-corrected chi connectivity index (χ4v) is 1.68. The maximum atomic E-state index is 10.9. The highest BCUT2D eigenvalue weighted by Crippen LogP contribution is 2.22. The summed E-state index contributed by atoms with van der Waals surface area (Å²) in [6, 6.07) is 6.52. The lowest BCUT2D eigenvalue weighted by Crippen LogP contribution is -2.27. The third-order valence-corrected chi connectivity index (χ3v) is 2.65. The number of benzene rings is 1. The van der Waals surface area contributed by atoms with Crippen molar-refractivity contribution < 1.29 is 19.8 Å². The number of aliphatic carboxylic acids is 1. The van der Waals surface area contributed by atoms with Gasteiger partial charge in [0.25, 0.3) is 0 Å². The van der Waals surface area contributed by atoms with Crippen LogP contribution in [-0.2, 0) is 4.79 Å². The van der Waals surface area contributed by atoms with Crippen molar-refractivity contribution in [1.82, 2.24) is 0 Å². The van der Waals surface area contributed by atoms with Gasteiger partial charge in [-0.15, -0.1) is 0 Å². The maximum Gasteiger partial charge on any atom is 0.335 e. The van der Waals surface area contributed by atoms with E-state index in [0.717, 1.165) is 5.56 Å². The fourth-order valence-electron chi connectivity index (χ4n) is 1.68. The Morgan fingerprint density at radius 3 is 2.58 bits per heavy atom. The Morgan fingerprint density at radius 2 is 2.05 bits per heavy atom. The average Bonchev–Trinajstić information content (AvgIpc) is 2.35. The number of carboxylic acid groups (broad SMARTS) is 2. The van der Waals surface area contributed by atoms with Gasteiger partial charge in [0.15, 0.2) is 0 Å². The predicted molar refractivity (Wildman–Crippen MR) is 68.2 cm³/mol. The number of carboxylic acids is 2. The minimum atomic E-state index is -1.06. The number of aryl methyl sites for hydroxylation is 1. The number of nitrogens with zero attached hydrogens (tertiary/aromatic N) is 2. The van der Waals surface area contributed by atoms with Crippen LogP contribution in [0, 0.1) is 18.3 Å². The topological polar surface area (TPSA) is 102 Å². The molecule has 1 aromatic rings. The summed E-state index contributed by atoms with van der Waals surface area (Å²) in [7, 11) is 0. The van der Waals surface area contributed by atoms with Crippen LogP contribution in [0.15, 0.2) is 18.2 Å². The van der Waals surface area contributed by atoms with E-state index in [2.05, 4.69) is 0 Å². The zero-order valence-electron chi connectivity index (χ0n) is 10.5. The van der Waals surface area contributed by atoms with E-state index in [-0.39, 0.29) is 25.1 Å². The van der Waals surface area contributed by atoms with Gasteiger partial charge in [-0.1, -0.05) is 6.07 Å². The Kier molecular flexibility index (Phi) is 4.89. The van der Waals surface area contributed by atoms with Gasteiger partial charge in [-0.25, -0.2) is 4.79 Å². The summed E-state index contributed by atoms with van der Waals surface area (Å²) in [4.78, 5) is 23.1. The van der Waals surface area contributed by atoms with E-state index in [0.29, 0.717) is 5.69 Å². The van der Waals surface area contributed by atoms with Gasteiger partial charge in [0, 0.05) is 12.2 Å². The van der Waals surface area contributed by atoms with Crippen molar-refractivity contribution in [2.45, 2.75) is 13.3 Å². The van der Waals surface area contributed by atoms with Gasteiger partial charge in [-0.05, 0) is 24.6 Å². The molecular weight excluding hydrogens is 248 g/mol. The molecule has 1 rings (SSSR count). The Balaban J connectivity index is 3.06. The summed E-state index contributed by atoms with van der Waals surface area (Å²) in [5.41, 5.74) is 1.48. The Bertz CT molecular complexity index is 534. The largest absolute Gasteiger partial charge is 0.481 e. The Hall–Kier alpha value is -2.55. The van der Waals surface area contributed by atoms with E-state index in [1.54, 1.807) is 17.9 Å². The van der Waals surface area contributed by atoms with Gasteiger partial charge in [0.1, 0.15) is 6.54 Å². The van der Waals surface area contributed by atoms with E-state index in [4.69, 9.17) is 15.5 Å². The van der Waals surface area contributed by atoms with E-state index < -0.39 is 11.9 Å². The minimum absolute atomic E-state index is 0.0111. The molecule has 0 aromatic heterocycles. The number of nitriles is 1. The van der Waals surface area contributed by atoms with Crippen molar-refractivity contribution >= 4 is 17.6 Å². The number of carbonyl (C=O) groups is 2. The molecule has 0 spiro atoms. The van der Waals surface area contributed by atoms with Gasteiger partial charge in [-0.3, -0.25) is 4.79 Å². The molecule has 0 aliphatic heterocycles. The molecule has 0 saturated heterocycles. The zero-order chi connectivity index (χ0) is 14.4. The second-order valence-electron chi connectivity index (χ2n) is 4.03. The smallest absolute Gasteiger partial charge is 0.335 e. The van der Waals surface area contributed by atoms with Crippen LogP contribution in [0.1, 0.15) is 22.3 Å². The molecule has 0 radical (unpaired) electrons. The van der Waals surface area contributed by atoms with Crippen LogP contribution in [-0.4, -0.2) is 35.2 Å². The molecule has 0 atom stereocenters. The van der Waals surface area contributed by atoms with Crippen LogP contribution in [0.25, 0.3) is 0 Å². The lowest BCUT2D eigenvalue weighted by molar-refractivity contribution is -0.136. The number of aromatic carboxylic acids is 1. The highest BCUT2D eigenvalue weighted by Gasteiger charge is 2.13. The number of hydrogen-bond donors (Lipinski definition) is 2. The van der Waals surface area contributed by atoms with Crippen molar-refractivity contribution in [2.24, 2.45) is 0 Å². The summed E-state index contributed by atoms with van der Waals surface area (Å²) >= 11 is 0. The van der Waals surface area contributed by atoms with E-state index >= 15 is 0 Å². The maximum absolute atomic E-state index is 10.9. The molecule has 0 fully saturated rings. The van der Waals surface area contributed by atoms with Crippen molar-refractivity contribution in [3.8, 4) is 6.07 Å². The van der Waals surface area contributed by atoms with Gasteiger partial charge in [-0.2, -0.15) is 5.26 Å². The first-order valence-corrected chi connectivity index (χ1v) is 5.63. The third kappa shape index (κ3) is 4.00. The first kappa shape index (κ1) is 14.5. The van der Waals surface area contributed by atoms with Crippen LogP contribution < -0.4 is 4.90 Å². The summed E-state index contributed by atoms with van der Waals surface area (Å²) in [5.74, 6) is -2.02. The molecule has 2 N–H and O–H groups in total. The van der Waals surface area contributed by atoms with Crippen LogP contribution in [0.4, 0.5) is 5.69 Å². The predicted octanol–water partition coefficient (Wildman–Crippen LogP) is 1.50. The first-order valence-electron chi connectivity index (χ1n) is 5.63. The molecule has 100 valence electrons. The van der Waals surface area contributed by atoms with Crippen LogP contribution in [0.2, 0.25) is 0 Å². The van der Waals surface area contributed by atoms with Crippen LogP contribution in [0.3, 0.4) is 0 Å². The zero-order valence-corrected chi connectivity index (χ0v) is 10.5. The first-order chi connectivity index (χ1) is 8.95. The van der Waals surface area contributed by atoms with Crippen molar-refractivity contribution in [2.75, 3.05) is 18.0 Å². The summed E-state index contributed by atoms with van der Waals surface area (Å²) in [6.45, 7) is 1.95. The van der Waals surface area contributed by atoms with E-state index in [9.17, 15) is 9.59 Å². The summed E-state index contributed by atoms with van der Waals surface area (Å²) in [5, 5.41) is 26.4. The quantitative estimate of drug-likeness (QED) is 0.753. The van der Waals surface area contributed by atoms with E-state index in [1.165, 1.54) is 12.1 Å². The molecular formula is C13H14N2O4. The van der Waals surface area contributed by atoms with Crippen LogP contribution >= 0.6 is 0 Å². The van der Waals surface area contributed by atoms with E-state index in [1.807, 2.05) is 6.07 Å². The summed E-state index contributed by atoms with van der Waals surface area (Å²) in [6.07, 6.45) is -0.113. The fraction of sp³-hybridized carbons (Fsp3) is 0.308. The minimum Gasteiger partial charge on any atom is -0.481 e. The molecule has 6 heteroatoms. The van der Waals surface area contributed by atoms with Gasteiger partial charge in [0.2, 0.25) is 0 Å². The van der Waals surface area contributed by atoms with Gasteiger partial charge in [0.05, 0.1) is 18.1 Å². The number of rotatable bonds is 6. The average molecular weight is 262 g/mol. The van der Waals surface area contributed by atoms with Crippen LogP contribution in [0.5, 0.6) is 0 Å².